The number of carbonyl (C=O) groups is 2. The number of aliphatic hydroxyl groups is 1. The first-order valence-corrected chi connectivity index (χ1v) is 11.8. The summed E-state index contributed by atoms with van der Waals surface area (Å²) in [6.07, 6.45) is 13.9. The van der Waals surface area contributed by atoms with Crippen molar-refractivity contribution in [1.82, 2.24) is 0 Å². The van der Waals surface area contributed by atoms with Crippen LogP contribution in [0.25, 0.3) is 0 Å². The fourth-order valence-corrected chi connectivity index (χ4v) is 4.44. The van der Waals surface area contributed by atoms with Gasteiger partial charge in [-0.05, 0) is 19.3 Å². The van der Waals surface area contributed by atoms with E-state index >= 15 is 0 Å². The molecule has 0 aromatic carbocycles. The van der Waals surface area contributed by atoms with Crippen LogP contribution in [0.5, 0.6) is 0 Å². The van der Waals surface area contributed by atoms with E-state index in [1.54, 1.807) is 0 Å². The first-order valence-electron chi connectivity index (χ1n) is 10.7. The molecule has 6 heteroatoms. The Bertz CT molecular complexity index is 376. The van der Waals surface area contributed by atoms with Gasteiger partial charge in [-0.2, -0.15) is 11.8 Å². The molecule has 0 spiro atoms. The lowest BCUT2D eigenvalue weighted by Crippen LogP contribution is -2.24. The number of aliphatic hydroxyl groups excluding tert-OH is 1. The summed E-state index contributed by atoms with van der Waals surface area (Å²) in [5.74, 6) is -1.12. The van der Waals surface area contributed by atoms with Gasteiger partial charge in [0.1, 0.15) is 0 Å². The molecule has 0 saturated heterocycles. The summed E-state index contributed by atoms with van der Waals surface area (Å²) in [7, 11) is 0. The van der Waals surface area contributed by atoms with E-state index in [2.05, 4.69) is 6.92 Å². The predicted octanol–water partition coefficient (Wildman–Crippen LogP) is 5.49. The molecule has 27 heavy (non-hydrogen) atoms. The van der Waals surface area contributed by atoms with Crippen molar-refractivity contribution < 1.29 is 24.9 Å². The lowest BCUT2D eigenvalue weighted by atomic mass is 10.0. The van der Waals surface area contributed by atoms with E-state index in [-0.39, 0.29) is 18.1 Å². The van der Waals surface area contributed by atoms with E-state index in [9.17, 15) is 14.7 Å². The van der Waals surface area contributed by atoms with Crippen LogP contribution in [0.4, 0.5) is 0 Å². The van der Waals surface area contributed by atoms with Gasteiger partial charge in [0.25, 0.3) is 0 Å². The zero-order valence-electron chi connectivity index (χ0n) is 17.0. The van der Waals surface area contributed by atoms with Crippen molar-refractivity contribution in [2.75, 3.05) is 5.75 Å². The number of unbranched alkanes of at least 4 members (excludes halogenated alkanes) is 9. The van der Waals surface area contributed by atoms with Crippen molar-refractivity contribution in [2.45, 2.75) is 115 Å². The van der Waals surface area contributed by atoms with Crippen LogP contribution in [-0.4, -0.2) is 44.4 Å². The van der Waals surface area contributed by atoms with Gasteiger partial charge in [0.2, 0.25) is 0 Å². The van der Waals surface area contributed by atoms with Crippen molar-refractivity contribution >= 4 is 23.7 Å². The molecule has 160 valence electrons. The summed E-state index contributed by atoms with van der Waals surface area (Å²) in [6.45, 7) is 2.23. The van der Waals surface area contributed by atoms with Crippen LogP contribution < -0.4 is 0 Å². The Labute approximate surface area is 169 Å². The fraction of sp³-hybridized carbons (Fsp3) is 0.905. The lowest BCUT2D eigenvalue weighted by molar-refractivity contribution is -0.137. The van der Waals surface area contributed by atoms with Crippen LogP contribution in [0.2, 0.25) is 0 Å². The minimum absolute atomic E-state index is 0.00666. The quantitative estimate of drug-likeness (QED) is 0.232. The summed E-state index contributed by atoms with van der Waals surface area (Å²) in [5.41, 5.74) is 0. The Balaban J connectivity index is 3.96. The first-order chi connectivity index (χ1) is 13.0. The standard InChI is InChI=1S/C21H40O5S/c1-2-3-4-5-6-7-8-9-10-13-18(22)19(27-17-16-21(25)26)14-11-12-15-20(23)24/h18-19,22H,2-17H2,1H3,(H,23,24)(H,25,26)/t18-,19+/m1/s1. The molecule has 0 aliphatic rings. The van der Waals surface area contributed by atoms with E-state index in [1.165, 1.54) is 56.7 Å². The van der Waals surface area contributed by atoms with E-state index in [0.717, 1.165) is 32.1 Å². The van der Waals surface area contributed by atoms with Gasteiger partial charge >= 0.3 is 11.9 Å². The van der Waals surface area contributed by atoms with Crippen molar-refractivity contribution in [3.05, 3.63) is 0 Å². The highest BCUT2D eigenvalue weighted by Gasteiger charge is 2.19. The molecule has 0 aliphatic carbocycles. The number of carboxylic acids is 2. The van der Waals surface area contributed by atoms with Crippen molar-refractivity contribution in [3.63, 3.8) is 0 Å². The molecule has 0 rings (SSSR count). The van der Waals surface area contributed by atoms with Gasteiger partial charge in [-0.15, -0.1) is 0 Å². The van der Waals surface area contributed by atoms with E-state index in [1.807, 2.05) is 0 Å². The van der Waals surface area contributed by atoms with E-state index in [0.29, 0.717) is 12.2 Å². The molecule has 0 unspecified atom stereocenters. The molecule has 0 aromatic heterocycles. The van der Waals surface area contributed by atoms with Crippen molar-refractivity contribution in [2.24, 2.45) is 0 Å². The minimum atomic E-state index is -0.819. The molecule has 0 amide bonds. The second-order valence-electron chi connectivity index (χ2n) is 7.38. The number of aliphatic carboxylic acids is 2. The van der Waals surface area contributed by atoms with Crippen LogP contribution in [-0.2, 0) is 9.59 Å². The molecule has 0 saturated carbocycles. The largest absolute Gasteiger partial charge is 0.481 e. The molecular weight excluding hydrogens is 364 g/mol. The minimum Gasteiger partial charge on any atom is -0.481 e. The highest BCUT2D eigenvalue weighted by Crippen LogP contribution is 2.25. The third-order valence-corrected chi connectivity index (χ3v) is 6.23. The maximum absolute atomic E-state index is 10.7. The number of hydrogen-bond acceptors (Lipinski definition) is 4. The predicted molar refractivity (Wildman–Crippen MR) is 112 cm³/mol. The van der Waals surface area contributed by atoms with Gasteiger partial charge < -0.3 is 15.3 Å². The maximum atomic E-state index is 10.7. The summed E-state index contributed by atoms with van der Waals surface area (Å²) in [4.78, 5) is 21.3. The third kappa shape index (κ3) is 18.4. The Morgan fingerprint density at radius 1 is 0.741 bits per heavy atom. The number of rotatable bonds is 20. The molecule has 3 N–H and O–H groups in total. The highest BCUT2D eigenvalue weighted by atomic mass is 32.2. The monoisotopic (exact) mass is 404 g/mol. The molecule has 5 nitrogen and oxygen atoms in total. The van der Waals surface area contributed by atoms with E-state index < -0.39 is 18.0 Å². The smallest absolute Gasteiger partial charge is 0.304 e. The van der Waals surface area contributed by atoms with Gasteiger partial charge in [0.15, 0.2) is 0 Å². The van der Waals surface area contributed by atoms with Crippen LogP contribution in [0.3, 0.4) is 0 Å². The first kappa shape index (κ1) is 26.2. The average molecular weight is 405 g/mol. The molecule has 0 bridgehead atoms. The number of hydrogen-bond donors (Lipinski definition) is 3. The summed E-state index contributed by atoms with van der Waals surface area (Å²) in [5, 5.41) is 28.0. The topological polar surface area (TPSA) is 94.8 Å². The molecule has 2 atom stereocenters. The SMILES string of the molecule is CCCCCCCCCCC[C@@H](O)[C@H](CCCCC(=O)O)SCCC(=O)O. The fourth-order valence-electron chi connectivity index (χ4n) is 3.16. The van der Waals surface area contributed by atoms with Gasteiger partial charge in [0, 0.05) is 17.4 Å². The maximum Gasteiger partial charge on any atom is 0.304 e. The number of thioether (sulfide) groups is 1. The molecular formula is C21H40O5S. The summed E-state index contributed by atoms with van der Waals surface area (Å²) in [6, 6.07) is 0. The van der Waals surface area contributed by atoms with Crippen molar-refractivity contribution in [3.8, 4) is 0 Å². The van der Waals surface area contributed by atoms with Gasteiger partial charge in [-0.25, -0.2) is 0 Å². The normalized spacial score (nSPS) is 13.4. The summed E-state index contributed by atoms with van der Waals surface area (Å²) >= 11 is 1.52. The molecule has 0 radical (unpaired) electrons. The van der Waals surface area contributed by atoms with Crippen LogP contribution in [0.1, 0.15) is 103 Å². The van der Waals surface area contributed by atoms with Gasteiger partial charge in [-0.1, -0.05) is 71.1 Å². The molecule has 0 aromatic rings. The average Bonchev–Trinajstić information content (AvgIpc) is 2.61. The lowest BCUT2D eigenvalue weighted by Gasteiger charge is -2.22. The van der Waals surface area contributed by atoms with Crippen LogP contribution >= 0.6 is 11.8 Å². The van der Waals surface area contributed by atoms with Crippen LogP contribution in [0, 0.1) is 0 Å². The highest BCUT2D eigenvalue weighted by molar-refractivity contribution is 7.99. The second kappa shape index (κ2) is 18.6. The number of carboxylic acid groups (broad SMARTS) is 2. The zero-order valence-corrected chi connectivity index (χ0v) is 17.9. The molecule has 0 aliphatic heterocycles. The Morgan fingerprint density at radius 2 is 1.26 bits per heavy atom. The van der Waals surface area contributed by atoms with E-state index in [4.69, 9.17) is 10.2 Å². The Hall–Kier alpha value is -0.750. The van der Waals surface area contributed by atoms with Gasteiger partial charge in [-0.3, -0.25) is 9.59 Å². The summed E-state index contributed by atoms with van der Waals surface area (Å²) < 4.78 is 0. The van der Waals surface area contributed by atoms with Crippen molar-refractivity contribution in [1.29, 1.82) is 0 Å². The Morgan fingerprint density at radius 3 is 1.81 bits per heavy atom. The zero-order chi connectivity index (χ0) is 20.3. The molecule has 0 heterocycles. The Kier molecular flexibility index (Phi) is 18.1. The van der Waals surface area contributed by atoms with Crippen LogP contribution in [0.15, 0.2) is 0 Å². The second-order valence-corrected chi connectivity index (χ2v) is 8.72. The van der Waals surface area contributed by atoms with Gasteiger partial charge in [0.05, 0.1) is 12.5 Å². The molecule has 0 fully saturated rings. The third-order valence-electron chi connectivity index (χ3n) is 4.81.